The van der Waals surface area contributed by atoms with Crippen LogP contribution in [0.1, 0.15) is 24.5 Å². The van der Waals surface area contributed by atoms with Crippen molar-refractivity contribution in [1.29, 1.82) is 0 Å². The number of carbonyl (C=O) groups excluding carboxylic acids is 1. The van der Waals surface area contributed by atoms with Crippen LogP contribution in [0, 0.1) is 6.92 Å². The number of nitrogens with one attached hydrogen (secondary N) is 2. The molecule has 0 aliphatic heterocycles. The second kappa shape index (κ2) is 9.64. The van der Waals surface area contributed by atoms with Crippen LogP contribution in [0.15, 0.2) is 53.4 Å². The van der Waals surface area contributed by atoms with Crippen LogP contribution in [0.3, 0.4) is 0 Å². The molecule has 0 saturated carbocycles. The molecule has 27 heavy (non-hydrogen) atoms. The molecule has 0 saturated heterocycles. The molecule has 0 bridgehead atoms. The Labute approximate surface area is 161 Å². The van der Waals surface area contributed by atoms with Gasteiger partial charge in [0.1, 0.15) is 0 Å². The Morgan fingerprint density at radius 2 is 1.85 bits per heavy atom. The minimum atomic E-state index is -3.62. The molecule has 0 heterocycles. The summed E-state index contributed by atoms with van der Waals surface area (Å²) in [4.78, 5) is 12.3. The van der Waals surface area contributed by atoms with Gasteiger partial charge in [-0.15, -0.1) is 0 Å². The highest BCUT2D eigenvalue weighted by Gasteiger charge is 2.17. The lowest BCUT2D eigenvalue weighted by molar-refractivity contribution is -0.116. The van der Waals surface area contributed by atoms with Crippen molar-refractivity contribution < 1.29 is 17.9 Å². The number of ether oxygens (including phenoxy) is 1. The van der Waals surface area contributed by atoms with Crippen molar-refractivity contribution in [3.8, 4) is 0 Å². The van der Waals surface area contributed by atoms with E-state index in [1.54, 1.807) is 19.1 Å². The zero-order valence-corrected chi connectivity index (χ0v) is 16.7. The fraction of sp³-hybridized carbons (Fsp3) is 0.350. The molecule has 1 atom stereocenters. The standard InChI is InChI=1S/C20H26N2O4S/c1-15-5-4-6-17(13-15)7-12-20(23)21-18-8-10-19(11-9-18)27(24,25)22-16(2)14-26-3/h4-6,8-11,13,16,22H,7,12,14H2,1-3H3,(H,21,23). The lowest BCUT2D eigenvalue weighted by Crippen LogP contribution is -2.35. The van der Waals surface area contributed by atoms with Crippen molar-refractivity contribution in [1.82, 2.24) is 4.72 Å². The van der Waals surface area contributed by atoms with Crippen molar-refractivity contribution in [3.05, 3.63) is 59.7 Å². The van der Waals surface area contributed by atoms with Gasteiger partial charge in [0.05, 0.1) is 11.5 Å². The highest BCUT2D eigenvalue weighted by molar-refractivity contribution is 7.89. The number of rotatable bonds is 9. The number of methoxy groups -OCH3 is 1. The molecule has 2 N–H and O–H groups in total. The summed E-state index contributed by atoms with van der Waals surface area (Å²) in [6, 6.07) is 13.8. The van der Waals surface area contributed by atoms with Crippen molar-refractivity contribution in [2.24, 2.45) is 0 Å². The normalized spacial score (nSPS) is 12.6. The highest BCUT2D eigenvalue weighted by Crippen LogP contribution is 2.15. The van der Waals surface area contributed by atoms with Crippen molar-refractivity contribution in [3.63, 3.8) is 0 Å². The summed E-state index contributed by atoms with van der Waals surface area (Å²) < 4.78 is 32.0. The Kier molecular flexibility index (Phi) is 7.53. The van der Waals surface area contributed by atoms with Crippen LogP contribution in [-0.2, 0) is 26.0 Å². The van der Waals surface area contributed by atoms with Crippen LogP contribution in [0.2, 0.25) is 0 Å². The molecule has 1 amide bonds. The Bertz CT molecular complexity index is 864. The van der Waals surface area contributed by atoms with Gasteiger partial charge >= 0.3 is 0 Å². The van der Waals surface area contributed by atoms with E-state index in [9.17, 15) is 13.2 Å². The SMILES string of the molecule is COCC(C)NS(=O)(=O)c1ccc(NC(=O)CCc2cccc(C)c2)cc1. The van der Waals surface area contributed by atoms with Gasteiger partial charge in [-0.2, -0.15) is 0 Å². The number of benzene rings is 2. The topological polar surface area (TPSA) is 84.5 Å². The number of anilines is 1. The number of carbonyl (C=O) groups is 1. The van der Waals surface area contributed by atoms with E-state index in [2.05, 4.69) is 16.1 Å². The summed E-state index contributed by atoms with van der Waals surface area (Å²) in [5.41, 5.74) is 2.84. The van der Waals surface area contributed by atoms with Crippen LogP contribution < -0.4 is 10.0 Å². The summed E-state index contributed by atoms with van der Waals surface area (Å²) in [5.74, 6) is -0.112. The maximum Gasteiger partial charge on any atom is 0.240 e. The van der Waals surface area contributed by atoms with Crippen molar-refractivity contribution in [2.75, 3.05) is 19.0 Å². The molecule has 0 radical (unpaired) electrons. The zero-order chi connectivity index (χ0) is 19.9. The summed E-state index contributed by atoms with van der Waals surface area (Å²) in [7, 11) is -2.10. The van der Waals surface area contributed by atoms with Crippen molar-refractivity contribution in [2.45, 2.75) is 37.6 Å². The monoisotopic (exact) mass is 390 g/mol. The quantitative estimate of drug-likeness (QED) is 0.689. The zero-order valence-electron chi connectivity index (χ0n) is 15.9. The Hall–Kier alpha value is -2.22. The van der Waals surface area contributed by atoms with E-state index in [1.165, 1.54) is 19.2 Å². The molecule has 0 aliphatic carbocycles. The highest BCUT2D eigenvalue weighted by atomic mass is 32.2. The average molecular weight is 391 g/mol. The molecule has 2 aromatic carbocycles. The van der Waals surface area contributed by atoms with Gasteiger partial charge in [-0.05, 0) is 50.1 Å². The molecular formula is C20H26N2O4S. The fourth-order valence-corrected chi connectivity index (χ4v) is 3.91. The van der Waals surface area contributed by atoms with Gasteiger partial charge in [-0.25, -0.2) is 13.1 Å². The van der Waals surface area contributed by atoms with E-state index in [-0.39, 0.29) is 23.5 Å². The number of hydrogen-bond donors (Lipinski definition) is 2. The van der Waals surface area contributed by atoms with Gasteiger partial charge in [-0.1, -0.05) is 29.8 Å². The molecule has 2 rings (SSSR count). The third kappa shape index (κ3) is 6.78. The van der Waals surface area contributed by atoms with E-state index in [1.807, 2.05) is 25.1 Å². The van der Waals surface area contributed by atoms with E-state index in [4.69, 9.17) is 4.74 Å². The predicted molar refractivity (Wildman–Crippen MR) is 106 cm³/mol. The molecule has 6 nitrogen and oxygen atoms in total. The maximum atomic E-state index is 12.3. The Morgan fingerprint density at radius 3 is 2.48 bits per heavy atom. The van der Waals surface area contributed by atoms with Crippen LogP contribution in [0.4, 0.5) is 5.69 Å². The molecule has 1 unspecified atom stereocenters. The lowest BCUT2D eigenvalue weighted by atomic mass is 10.1. The summed E-state index contributed by atoms with van der Waals surface area (Å²) in [6.45, 7) is 4.03. The summed E-state index contributed by atoms with van der Waals surface area (Å²) >= 11 is 0. The first kappa shape index (κ1) is 21.1. The van der Waals surface area contributed by atoms with Crippen LogP contribution in [0.25, 0.3) is 0 Å². The molecule has 2 aromatic rings. The maximum absolute atomic E-state index is 12.3. The number of sulfonamides is 1. The minimum absolute atomic E-state index is 0.112. The molecule has 0 aromatic heterocycles. The smallest absolute Gasteiger partial charge is 0.240 e. The van der Waals surface area contributed by atoms with Crippen LogP contribution >= 0.6 is 0 Å². The van der Waals surface area contributed by atoms with Gasteiger partial charge in [0.2, 0.25) is 15.9 Å². The molecule has 0 fully saturated rings. The second-order valence-corrected chi connectivity index (χ2v) is 8.25. The Balaban J connectivity index is 1.91. The van der Waals surface area contributed by atoms with E-state index in [0.717, 1.165) is 11.1 Å². The minimum Gasteiger partial charge on any atom is -0.383 e. The molecule has 0 aliphatic rings. The van der Waals surface area contributed by atoms with E-state index < -0.39 is 10.0 Å². The largest absolute Gasteiger partial charge is 0.383 e. The fourth-order valence-electron chi connectivity index (χ4n) is 2.68. The van der Waals surface area contributed by atoms with E-state index in [0.29, 0.717) is 18.5 Å². The molecule has 0 spiro atoms. The second-order valence-electron chi connectivity index (χ2n) is 6.54. The van der Waals surface area contributed by atoms with Gasteiger partial charge in [-0.3, -0.25) is 4.79 Å². The van der Waals surface area contributed by atoms with Gasteiger partial charge in [0, 0.05) is 25.3 Å². The summed E-state index contributed by atoms with van der Waals surface area (Å²) in [5, 5.41) is 2.79. The Morgan fingerprint density at radius 1 is 1.15 bits per heavy atom. The first-order valence-corrected chi connectivity index (χ1v) is 10.2. The third-order valence-corrected chi connectivity index (χ3v) is 5.55. The third-order valence-electron chi connectivity index (χ3n) is 3.94. The van der Waals surface area contributed by atoms with E-state index >= 15 is 0 Å². The number of aryl methyl sites for hydroxylation is 2. The predicted octanol–water partition coefficient (Wildman–Crippen LogP) is 2.88. The van der Waals surface area contributed by atoms with Gasteiger partial charge < -0.3 is 10.1 Å². The van der Waals surface area contributed by atoms with Crippen LogP contribution in [-0.4, -0.2) is 34.1 Å². The summed E-state index contributed by atoms with van der Waals surface area (Å²) in [6.07, 6.45) is 1.01. The molecule has 146 valence electrons. The van der Waals surface area contributed by atoms with Gasteiger partial charge in [0.25, 0.3) is 0 Å². The molecule has 7 heteroatoms. The average Bonchev–Trinajstić information content (AvgIpc) is 2.60. The number of hydrogen-bond acceptors (Lipinski definition) is 4. The lowest BCUT2D eigenvalue weighted by Gasteiger charge is -2.13. The first-order valence-electron chi connectivity index (χ1n) is 8.77. The van der Waals surface area contributed by atoms with Crippen LogP contribution in [0.5, 0.6) is 0 Å². The first-order chi connectivity index (χ1) is 12.8. The number of amides is 1. The molecular weight excluding hydrogens is 364 g/mol. The van der Waals surface area contributed by atoms with Crippen molar-refractivity contribution >= 4 is 21.6 Å². The van der Waals surface area contributed by atoms with Gasteiger partial charge in [0.15, 0.2) is 0 Å².